The molecule has 0 rings (SSSR count). The molecule has 0 saturated carbocycles. The van der Waals surface area contributed by atoms with Crippen LogP contribution >= 0.6 is 47.8 Å². The second-order valence-electron chi connectivity index (χ2n) is 4.02. The van der Waals surface area contributed by atoms with Crippen LogP contribution in [0.5, 0.6) is 0 Å². The fraction of sp³-hybridized carbons (Fsp3) is 1.00. The standard InChI is InChI=1S/C11H23Br3O3Si/c1-4-7-15-18(16-8-5-2,17-9-6-3)10-11(12,13)14/h4-10H2,1-3H3. The summed E-state index contributed by atoms with van der Waals surface area (Å²) in [6.07, 6.45) is 2.87. The maximum absolute atomic E-state index is 5.96. The van der Waals surface area contributed by atoms with E-state index in [0.717, 1.165) is 19.3 Å². The lowest BCUT2D eigenvalue weighted by Crippen LogP contribution is -2.49. The van der Waals surface area contributed by atoms with Crippen LogP contribution in [0.2, 0.25) is 6.04 Å². The Hall–Kier alpha value is 1.54. The van der Waals surface area contributed by atoms with Gasteiger partial charge in [-0.15, -0.1) is 0 Å². The van der Waals surface area contributed by atoms with Crippen molar-refractivity contribution < 1.29 is 13.3 Å². The van der Waals surface area contributed by atoms with Gasteiger partial charge in [-0.3, -0.25) is 0 Å². The van der Waals surface area contributed by atoms with Crippen LogP contribution in [0.15, 0.2) is 0 Å². The third-order valence-corrected chi connectivity index (χ3v) is 7.28. The highest BCUT2D eigenvalue weighted by molar-refractivity contribution is 9.39. The molecular weight excluding hydrogens is 448 g/mol. The Bertz CT molecular complexity index is 190. The van der Waals surface area contributed by atoms with Gasteiger partial charge in [-0.2, -0.15) is 0 Å². The Morgan fingerprint density at radius 3 is 1.33 bits per heavy atom. The zero-order valence-corrected chi connectivity index (χ0v) is 17.1. The number of halogens is 3. The van der Waals surface area contributed by atoms with E-state index in [1.54, 1.807) is 0 Å². The molecule has 0 radical (unpaired) electrons. The van der Waals surface area contributed by atoms with Crippen molar-refractivity contribution in [3.05, 3.63) is 0 Å². The number of hydrogen-bond acceptors (Lipinski definition) is 3. The van der Waals surface area contributed by atoms with Gasteiger partial charge in [-0.25, -0.2) is 0 Å². The van der Waals surface area contributed by atoms with Crippen molar-refractivity contribution in [2.75, 3.05) is 19.8 Å². The van der Waals surface area contributed by atoms with Gasteiger partial charge < -0.3 is 13.3 Å². The van der Waals surface area contributed by atoms with E-state index in [-0.39, 0.29) is 0 Å². The predicted molar refractivity (Wildman–Crippen MR) is 88.8 cm³/mol. The molecule has 0 N–H and O–H groups in total. The van der Waals surface area contributed by atoms with E-state index in [1.807, 2.05) is 0 Å². The Balaban J connectivity index is 4.73. The van der Waals surface area contributed by atoms with E-state index in [1.165, 1.54) is 0 Å². The molecule has 0 aromatic carbocycles. The van der Waals surface area contributed by atoms with Gasteiger partial charge in [0.1, 0.15) is 2.14 Å². The minimum atomic E-state index is -2.63. The second-order valence-corrected chi connectivity index (χ2v) is 13.9. The van der Waals surface area contributed by atoms with Crippen LogP contribution in [0.25, 0.3) is 0 Å². The predicted octanol–water partition coefficient (Wildman–Crippen LogP) is 5.04. The van der Waals surface area contributed by atoms with Crippen LogP contribution in [-0.2, 0) is 13.3 Å². The fourth-order valence-corrected chi connectivity index (χ4v) is 6.98. The monoisotopic (exact) mass is 468 g/mol. The van der Waals surface area contributed by atoms with E-state index >= 15 is 0 Å². The summed E-state index contributed by atoms with van der Waals surface area (Å²) in [7, 11) is -2.63. The highest BCUT2D eigenvalue weighted by atomic mass is 80.0. The second kappa shape index (κ2) is 10.3. The molecule has 0 amide bonds. The van der Waals surface area contributed by atoms with Crippen LogP contribution in [0, 0.1) is 0 Å². The molecule has 0 aromatic rings. The van der Waals surface area contributed by atoms with Crippen molar-refractivity contribution >= 4 is 56.6 Å². The number of hydrogen-bond donors (Lipinski definition) is 0. The highest BCUT2D eigenvalue weighted by Gasteiger charge is 2.47. The van der Waals surface area contributed by atoms with Gasteiger partial charge in [-0.05, 0) is 19.3 Å². The van der Waals surface area contributed by atoms with E-state index in [0.29, 0.717) is 25.9 Å². The molecule has 0 atom stereocenters. The molecule has 0 fully saturated rings. The van der Waals surface area contributed by atoms with Crippen LogP contribution in [0.4, 0.5) is 0 Å². The molecule has 0 aromatic heterocycles. The van der Waals surface area contributed by atoms with E-state index in [4.69, 9.17) is 13.3 Å². The topological polar surface area (TPSA) is 27.7 Å². The summed E-state index contributed by atoms with van der Waals surface area (Å²) in [5.74, 6) is 0. The van der Waals surface area contributed by atoms with E-state index in [9.17, 15) is 0 Å². The summed E-state index contributed by atoms with van der Waals surface area (Å²) in [5, 5.41) is 0. The van der Waals surface area contributed by atoms with Gasteiger partial charge in [0.15, 0.2) is 0 Å². The van der Waals surface area contributed by atoms with Crippen LogP contribution in [-0.4, -0.2) is 30.8 Å². The van der Waals surface area contributed by atoms with E-state index < -0.39 is 10.9 Å². The zero-order chi connectivity index (χ0) is 14.1. The third kappa shape index (κ3) is 9.44. The molecule has 0 unspecified atom stereocenters. The first-order valence-electron chi connectivity index (χ1n) is 6.37. The van der Waals surface area contributed by atoms with E-state index in [2.05, 4.69) is 68.6 Å². The minimum absolute atomic E-state index is 0.394. The average molecular weight is 471 g/mol. The fourth-order valence-electron chi connectivity index (χ4n) is 1.30. The van der Waals surface area contributed by atoms with Gasteiger partial charge in [0.25, 0.3) is 0 Å². The molecular formula is C11H23Br3O3Si. The smallest absolute Gasteiger partial charge is 0.373 e. The van der Waals surface area contributed by atoms with Crippen molar-refractivity contribution in [1.82, 2.24) is 0 Å². The largest absolute Gasteiger partial charge is 0.504 e. The Labute approximate surface area is 137 Å². The normalized spacial score (nSPS) is 13.0. The first-order valence-corrected chi connectivity index (χ1v) is 10.7. The molecule has 7 heteroatoms. The van der Waals surface area contributed by atoms with Crippen molar-refractivity contribution in [2.45, 2.75) is 48.2 Å². The Morgan fingerprint density at radius 2 is 1.11 bits per heavy atom. The Kier molecular flexibility index (Phi) is 11.2. The van der Waals surface area contributed by atoms with Crippen molar-refractivity contribution in [3.63, 3.8) is 0 Å². The van der Waals surface area contributed by atoms with Crippen molar-refractivity contribution in [2.24, 2.45) is 0 Å². The molecule has 110 valence electrons. The molecule has 18 heavy (non-hydrogen) atoms. The zero-order valence-electron chi connectivity index (χ0n) is 11.3. The van der Waals surface area contributed by atoms with Crippen LogP contribution in [0.1, 0.15) is 40.0 Å². The van der Waals surface area contributed by atoms with Crippen LogP contribution in [0.3, 0.4) is 0 Å². The van der Waals surface area contributed by atoms with Gasteiger partial charge in [0, 0.05) is 19.8 Å². The summed E-state index contributed by atoms with van der Waals surface area (Å²) in [5.41, 5.74) is 0. The van der Waals surface area contributed by atoms with Gasteiger partial charge >= 0.3 is 8.80 Å². The summed E-state index contributed by atoms with van der Waals surface area (Å²) in [4.78, 5) is 0. The van der Waals surface area contributed by atoms with Gasteiger partial charge in [-0.1, -0.05) is 68.6 Å². The number of rotatable bonds is 10. The molecule has 0 spiro atoms. The highest BCUT2D eigenvalue weighted by Crippen LogP contribution is 2.42. The summed E-state index contributed by atoms with van der Waals surface area (Å²) in [6.45, 7) is 8.27. The summed E-state index contributed by atoms with van der Waals surface area (Å²) >= 11 is 10.6. The maximum Gasteiger partial charge on any atom is 0.504 e. The molecule has 0 heterocycles. The lowest BCUT2D eigenvalue weighted by molar-refractivity contribution is 0.0601. The van der Waals surface area contributed by atoms with Gasteiger partial charge in [0.2, 0.25) is 0 Å². The lowest BCUT2D eigenvalue weighted by Gasteiger charge is -2.32. The van der Waals surface area contributed by atoms with Crippen LogP contribution < -0.4 is 0 Å². The SMILES string of the molecule is CCCO[Si](CC(Br)(Br)Br)(OCCC)OCCC. The molecule has 0 bridgehead atoms. The van der Waals surface area contributed by atoms with Gasteiger partial charge in [0.05, 0.1) is 6.04 Å². The first-order chi connectivity index (χ1) is 8.39. The summed E-state index contributed by atoms with van der Waals surface area (Å²) in [6, 6.07) is 0.639. The molecule has 0 aliphatic heterocycles. The maximum atomic E-state index is 5.96. The molecule has 3 nitrogen and oxygen atoms in total. The van der Waals surface area contributed by atoms with Crippen molar-refractivity contribution in [3.8, 4) is 0 Å². The Morgan fingerprint density at radius 1 is 0.778 bits per heavy atom. The quantitative estimate of drug-likeness (QED) is 0.330. The minimum Gasteiger partial charge on any atom is -0.373 e. The summed E-state index contributed by atoms with van der Waals surface area (Å²) < 4.78 is 17.5. The number of alkyl halides is 3. The third-order valence-electron chi connectivity index (χ3n) is 2.00. The molecule has 0 aliphatic rings. The average Bonchev–Trinajstić information content (AvgIpc) is 2.29. The van der Waals surface area contributed by atoms with Crippen molar-refractivity contribution in [1.29, 1.82) is 0 Å². The first kappa shape index (κ1) is 19.5. The molecule has 0 aliphatic carbocycles. The molecule has 0 saturated heterocycles. The lowest BCUT2D eigenvalue weighted by atomic mass is 10.5.